The van der Waals surface area contributed by atoms with E-state index in [0.717, 1.165) is 0 Å². The number of benzene rings is 1. The first-order valence-electron chi connectivity index (χ1n) is 6.09. The number of nitriles is 1. The second kappa shape index (κ2) is 5.10. The van der Waals surface area contributed by atoms with Crippen LogP contribution in [0.5, 0.6) is 0 Å². The van der Waals surface area contributed by atoms with Gasteiger partial charge in [-0.25, -0.2) is 13.1 Å². The molecule has 1 aromatic carbocycles. The van der Waals surface area contributed by atoms with Gasteiger partial charge in [0.25, 0.3) is 10.0 Å². The van der Waals surface area contributed by atoms with E-state index in [2.05, 4.69) is 9.82 Å². The Kier molecular flexibility index (Phi) is 3.61. The first-order chi connectivity index (χ1) is 9.76. The van der Waals surface area contributed by atoms with Gasteiger partial charge in [0.2, 0.25) is 0 Å². The first-order valence-corrected chi connectivity index (χ1v) is 7.57. The minimum atomic E-state index is -3.85. The second-order valence-electron chi connectivity index (χ2n) is 4.67. The zero-order valence-corrected chi connectivity index (χ0v) is 12.7. The SMILES string of the molecule is Cc1ccc(C#N)cc1S(=O)(=O)Nc1c(N)c(C)nn1C. The molecule has 0 atom stereocenters. The molecule has 0 spiro atoms. The third kappa shape index (κ3) is 2.68. The summed E-state index contributed by atoms with van der Waals surface area (Å²) in [6, 6.07) is 6.41. The maximum absolute atomic E-state index is 12.5. The number of aromatic nitrogens is 2. The minimum Gasteiger partial charge on any atom is -0.394 e. The molecule has 2 rings (SSSR count). The maximum Gasteiger partial charge on any atom is 0.263 e. The van der Waals surface area contributed by atoms with Crippen molar-refractivity contribution in [2.75, 3.05) is 10.5 Å². The third-order valence-corrected chi connectivity index (χ3v) is 4.59. The van der Waals surface area contributed by atoms with Crippen molar-refractivity contribution in [1.82, 2.24) is 9.78 Å². The Morgan fingerprint density at radius 2 is 2.05 bits per heavy atom. The Morgan fingerprint density at radius 1 is 1.38 bits per heavy atom. The minimum absolute atomic E-state index is 0.0415. The standard InChI is InChI=1S/C13H15N5O2S/c1-8-4-5-10(7-14)6-11(8)21(19,20)17-13-12(15)9(2)16-18(13)3/h4-6,17H,15H2,1-3H3. The summed E-state index contributed by atoms with van der Waals surface area (Å²) >= 11 is 0. The van der Waals surface area contributed by atoms with Gasteiger partial charge < -0.3 is 5.73 Å². The average Bonchev–Trinajstić information content (AvgIpc) is 2.65. The molecule has 1 aromatic heterocycles. The Hall–Kier alpha value is -2.53. The summed E-state index contributed by atoms with van der Waals surface area (Å²) < 4.78 is 28.8. The van der Waals surface area contributed by atoms with Gasteiger partial charge in [0.15, 0.2) is 5.82 Å². The van der Waals surface area contributed by atoms with Gasteiger partial charge in [-0.1, -0.05) is 6.07 Å². The Morgan fingerprint density at radius 3 is 2.57 bits per heavy atom. The van der Waals surface area contributed by atoms with Crippen LogP contribution in [0.1, 0.15) is 16.8 Å². The summed E-state index contributed by atoms with van der Waals surface area (Å²) in [7, 11) is -2.25. The van der Waals surface area contributed by atoms with Crippen molar-refractivity contribution < 1.29 is 8.42 Å². The molecule has 0 fully saturated rings. The molecule has 0 amide bonds. The smallest absolute Gasteiger partial charge is 0.263 e. The highest BCUT2D eigenvalue weighted by atomic mass is 32.2. The van der Waals surface area contributed by atoms with Crippen LogP contribution >= 0.6 is 0 Å². The van der Waals surface area contributed by atoms with Gasteiger partial charge >= 0.3 is 0 Å². The maximum atomic E-state index is 12.5. The number of hydrogen-bond donors (Lipinski definition) is 2. The molecule has 0 aliphatic carbocycles. The van der Waals surface area contributed by atoms with E-state index < -0.39 is 10.0 Å². The molecule has 21 heavy (non-hydrogen) atoms. The van der Waals surface area contributed by atoms with Crippen LogP contribution in [-0.2, 0) is 17.1 Å². The molecule has 3 N–H and O–H groups in total. The largest absolute Gasteiger partial charge is 0.394 e. The lowest BCUT2D eigenvalue weighted by atomic mass is 10.2. The quantitative estimate of drug-likeness (QED) is 0.887. The molecule has 0 saturated heterocycles. The molecule has 7 nitrogen and oxygen atoms in total. The van der Waals surface area contributed by atoms with E-state index in [0.29, 0.717) is 11.3 Å². The van der Waals surface area contributed by atoms with E-state index in [1.54, 1.807) is 33.0 Å². The topological polar surface area (TPSA) is 114 Å². The summed E-state index contributed by atoms with van der Waals surface area (Å²) in [6.07, 6.45) is 0. The fourth-order valence-electron chi connectivity index (χ4n) is 1.94. The van der Waals surface area contributed by atoms with E-state index in [-0.39, 0.29) is 22.0 Å². The molecule has 110 valence electrons. The van der Waals surface area contributed by atoms with Gasteiger partial charge in [-0.2, -0.15) is 10.4 Å². The van der Waals surface area contributed by atoms with Crippen molar-refractivity contribution in [2.24, 2.45) is 7.05 Å². The zero-order chi connectivity index (χ0) is 15.8. The summed E-state index contributed by atoms with van der Waals surface area (Å²) in [5.74, 6) is 0.203. The number of nitrogens with two attached hydrogens (primary N) is 1. The number of nitrogens with zero attached hydrogens (tertiary/aromatic N) is 3. The molecule has 0 radical (unpaired) electrons. The van der Waals surface area contributed by atoms with Crippen LogP contribution in [0.4, 0.5) is 11.5 Å². The highest BCUT2D eigenvalue weighted by molar-refractivity contribution is 7.92. The van der Waals surface area contributed by atoms with Crippen LogP contribution in [-0.4, -0.2) is 18.2 Å². The van der Waals surface area contributed by atoms with Gasteiger partial charge in [-0.3, -0.25) is 4.72 Å². The fourth-order valence-corrected chi connectivity index (χ4v) is 3.32. The van der Waals surface area contributed by atoms with E-state index >= 15 is 0 Å². The molecule has 0 aliphatic heterocycles. The monoisotopic (exact) mass is 305 g/mol. The molecule has 1 heterocycles. The molecular weight excluding hydrogens is 290 g/mol. The van der Waals surface area contributed by atoms with Gasteiger partial charge in [0.05, 0.1) is 27.9 Å². The Bertz CT molecular complexity index is 846. The van der Waals surface area contributed by atoms with E-state index in [4.69, 9.17) is 11.0 Å². The van der Waals surface area contributed by atoms with E-state index in [9.17, 15) is 8.42 Å². The van der Waals surface area contributed by atoms with Gasteiger partial charge in [-0.05, 0) is 31.5 Å². The molecule has 0 unspecified atom stereocenters. The van der Waals surface area contributed by atoms with Crippen LogP contribution in [0, 0.1) is 25.2 Å². The summed E-state index contributed by atoms with van der Waals surface area (Å²) in [5.41, 5.74) is 7.45. The molecule has 2 aromatic rings. The number of anilines is 2. The molecule has 0 bridgehead atoms. The van der Waals surface area contributed by atoms with Gasteiger partial charge in [0, 0.05) is 7.05 Å². The number of aryl methyl sites for hydroxylation is 3. The molecule has 0 saturated carbocycles. The Balaban J connectivity index is 2.51. The number of rotatable bonds is 3. The molecule has 0 aliphatic rings. The summed E-state index contributed by atoms with van der Waals surface area (Å²) in [4.78, 5) is 0.0415. The third-order valence-electron chi connectivity index (χ3n) is 3.11. The van der Waals surface area contributed by atoms with Crippen molar-refractivity contribution >= 4 is 21.5 Å². The number of nitrogen functional groups attached to an aromatic ring is 1. The zero-order valence-electron chi connectivity index (χ0n) is 11.9. The van der Waals surface area contributed by atoms with Crippen LogP contribution in [0.15, 0.2) is 23.1 Å². The number of hydrogen-bond acceptors (Lipinski definition) is 5. The van der Waals surface area contributed by atoms with Crippen LogP contribution in [0.25, 0.3) is 0 Å². The lowest BCUT2D eigenvalue weighted by Crippen LogP contribution is -2.17. The van der Waals surface area contributed by atoms with Crippen molar-refractivity contribution in [3.8, 4) is 6.07 Å². The first kappa shape index (κ1) is 14.9. The normalized spacial score (nSPS) is 11.1. The molecule has 8 heteroatoms. The molecular formula is C13H15N5O2S. The van der Waals surface area contributed by atoms with Crippen molar-refractivity contribution in [3.05, 3.63) is 35.0 Å². The summed E-state index contributed by atoms with van der Waals surface area (Å²) in [5, 5.41) is 13.0. The highest BCUT2D eigenvalue weighted by Gasteiger charge is 2.21. The second-order valence-corrected chi connectivity index (χ2v) is 6.32. The predicted molar refractivity (Wildman–Crippen MR) is 79.1 cm³/mol. The highest BCUT2D eigenvalue weighted by Crippen LogP contribution is 2.25. The van der Waals surface area contributed by atoms with Crippen molar-refractivity contribution in [2.45, 2.75) is 18.7 Å². The van der Waals surface area contributed by atoms with Crippen molar-refractivity contribution in [1.29, 1.82) is 5.26 Å². The van der Waals surface area contributed by atoms with Crippen LogP contribution in [0.3, 0.4) is 0 Å². The predicted octanol–water partition coefficient (Wildman–Crippen LogP) is 1.29. The van der Waals surface area contributed by atoms with Gasteiger partial charge in [-0.15, -0.1) is 0 Å². The number of nitrogens with one attached hydrogen (secondary N) is 1. The average molecular weight is 305 g/mol. The lowest BCUT2D eigenvalue weighted by Gasteiger charge is -2.11. The summed E-state index contributed by atoms with van der Waals surface area (Å²) in [6.45, 7) is 3.35. The lowest BCUT2D eigenvalue weighted by molar-refractivity contribution is 0.599. The Labute approximate surface area is 123 Å². The van der Waals surface area contributed by atoms with E-state index in [1.807, 2.05) is 6.07 Å². The fraction of sp³-hybridized carbons (Fsp3) is 0.231. The van der Waals surface area contributed by atoms with Crippen LogP contribution in [0.2, 0.25) is 0 Å². The van der Waals surface area contributed by atoms with Crippen LogP contribution < -0.4 is 10.5 Å². The van der Waals surface area contributed by atoms with Gasteiger partial charge in [0.1, 0.15) is 0 Å². The number of sulfonamides is 1. The van der Waals surface area contributed by atoms with E-state index in [1.165, 1.54) is 10.7 Å². The van der Waals surface area contributed by atoms with Crippen molar-refractivity contribution in [3.63, 3.8) is 0 Å².